The molecule has 0 aliphatic heterocycles. The van der Waals surface area contributed by atoms with Crippen molar-refractivity contribution in [3.05, 3.63) is 66.9 Å². The summed E-state index contributed by atoms with van der Waals surface area (Å²) in [5, 5.41) is 0. The van der Waals surface area contributed by atoms with Crippen LogP contribution >= 0.6 is 0 Å². The van der Waals surface area contributed by atoms with E-state index in [-0.39, 0.29) is 5.91 Å². The smallest absolute Gasteiger partial charge is 0.254 e. The third kappa shape index (κ3) is 3.45. The van der Waals surface area contributed by atoms with Crippen LogP contribution in [0.5, 0.6) is 0 Å². The maximum atomic E-state index is 12.0. The van der Waals surface area contributed by atoms with Crippen molar-refractivity contribution in [3.63, 3.8) is 0 Å². The standard InChI is InChI=1S/C16H19NO/c1-4-10-14(11-5-2)17(16(18)6-3)15-12-8-7-9-13-15/h4,6-13H,3,5H2,1-2H3/b10-4-,14-11+. The van der Waals surface area contributed by atoms with Gasteiger partial charge < -0.3 is 0 Å². The molecule has 0 N–H and O–H groups in total. The lowest BCUT2D eigenvalue weighted by molar-refractivity contribution is -0.113. The topological polar surface area (TPSA) is 20.3 Å². The van der Waals surface area contributed by atoms with Crippen molar-refractivity contribution < 1.29 is 4.79 Å². The van der Waals surface area contributed by atoms with E-state index in [0.29, 0.717) is 0 Å². The number of para-hydroxylation sites is 1. The van der Waals surface area contributed by atoms with Gasteiger partial charge in [0.15, 0.2) is 0 Å². The number of hydrogen-bond donors (Lipinski definition) is 0. The Labute approximate surface area is 109 Å². The minimum atomic E-state index is -0.126. The number of allylic oxidation sites excluding steroid dienone is 3. The van der Waals surface area contributed by atoms with Gasteiger partial charge in [-0.2, -0.15) is 0 Å². The van der Waals surface area contributed by atoms with Crippen LogP contribution in [0.3, 0.4) is 0 Å². The van der Waals surface area contributed by atoms with Crippen LogP contribution in [0.2, 0.25) is 0 Å². The molecule has 1 aromatic carbocycles. The van der Waals surface area contributed by atoms with Crippen LogP contribution in [-0.2, 0) is 4.79 Å². The molecular weight excluding hydrogens is 222 g/mol. The van der Waals surface area contributed by atoms with Crippen LogP contribution in [0.1, 0.15) is 20.3 Å². The van der Waals surface area contributed by atoms with E-state index in [0.717, 1.165) is 17.8 Å². The monoisotopic (exact) mass is 241 g/mol. The fraction of sp³-hybridized carbons (Fsp3) is 0.188. The Balaban J connectivity index is 3.24. The zero-order valence-electron chi connectivity index (χ0n) is 11.0. The Morgan fingerprint density at radius 1 is 1.33 bits per heavy atom. The zero-order valence-corrected chi connectivity index (χ0v) is 11.0. The molecule has 0 bridgehead atoms. The predicted molar refractivity (Wildman–Crippen MR) is 77.3 cm³/mol. The summed E-state index contributed by atoms with van der Waals surface area (Å²) in [5.74, 6) is -0.126. The summed E-state index contributed by atoms with van der Waals surface area (Å²) in [5.41, 5.74) is 1.72. The summed E-state index contributed by atoms with van der Waals surface area (Å²) in [6.07, 6.45) is 8.08. The van der Waals surface area contributed by atoms with Gasteiger partial charge >= 0.3 is 0 Å². The van der Waals surface area contributed by atoms with E-state index < -0.39 is 0 Å². The summed E-state index contributed by atoms with van der Waals surface area (Å²) in [6, 6.07) is 9.58. The van der Waals surface area contributed by atoms with Gasteiger partial charge in [-0.1, -0.05) is 43.9 Å². The minimum absolute atomic E-state index is 0.126. The molecule has 2 nitrogen and oxygen atoms in total. The Morgan fingerprint density at radius 2 is 2.00 bits per heavy atom. The second-order valence-electron chi connectivity index (χ2n) is 3.75. The first kappa shape index (κ1) is 14.0. The highest BCUT2D eigenvalue weighted by Gasteiger charge is 2.15. The van der Waals surface area contributed by atoms with Gasteiger partial charge in [0, 0.05) is 11.4 Å². The lowest BCUT2D eigenvalue weighted by Crippen LogP contribution is -2.27. The number of rotatable bonds is 5. The van der Waals surface area contributed by atoms with Crippen molar-refractivity contribution in [1.29, 1.82) is 0 Å². The van der Waals surface area contributed by atoms with Crippen molar-refractivity contribution in [2.24, 2.45) is 0 Å². The fourth-order valence-corrected chi connectivity index (χ4v) is 1.69. The third-order valence-electron chi connectivity index (χ3n) is 2.42. The molecule has 0 aliphatic carbocycles. The molecule has 0 aliphatic rings. The number of benzene rings is 1. The highest BCUT2D eigenvalue weighted by atomic mass is 16.2. The van der Waals surface area contributed by atoms with E-state index in [1.807, 2.05) is 62.4 Å². The first-order valence-electron chi connectivity index (χ1n) is 6.09. The van der Waals surface area contributed by atoms with Crippen LogP contribution < -0.4 is 4.90 Å². The summed E-state index contributed by atoms with van der Waals surface area (Å²) in [7, 11) is 0. The summed E-state index contributed by atoms with van der Waals surface area (Å²) >= 11 is 0. The number of hydrogen-bond acceptors (Lipinski definition) is 1. The summed E-state index contributed by atoms with van der Waals surface area (Å²) in [6.45, 7) is 7.55. The minimum Gasteiger partial charge on any atom is -0.278 e. The highest BCUT2D eigenvalue weighted by Crippen LogP contribution is 2.20. The first-order valence-corrected chi connectivity index (χ1v) is 6.09. The zero-order chi connectivity index (χ0) is 13.4. The lowest BCUT2D eigenvalue weighted by Gasteiger charge is -2.22. The van der Waals surface area contributed by atoms with E-state index in [1.165, 1.54) is 6.08 Å². The van der Waals surface area contributed by atoms with Gasteiger partial charge in [-0.3, -0.25) is 9.69 Å². The SMILES string of the molecule is C=CC(=O)N(C(/C=C\C)=C/CC)c1ccccc1. The molecule has 0 fully saturated rings. The van der Waals surface area contributed by atoms with Crippen molar-refractivity contribution in [1.82, 2.24) is 0 Å². The van der Waals surface area contributed by atoms with Crippen LogP contribution in [0.15, 0.2) is 66.9 Å². The average molecular weight is 241 g/mol. The molecule has 0 radical (unpaired) electrons. The molecule has 94 valence electrons. The number of amides is 1. The van der Waals surface area contributed by atoms with Gasteiger partial charge in [-0.05, 0) is 37.6 Å². The molecule has 2 heteroatoms. The molecule has 18 heavy (non-hydrogen) atoms. The van der Waals surface area contributed by atoms with Crippen LogP contribution in [0.4, 0.5) is 5.69 Å². The molecule has 1 aromatic rings. The lowest BCUT2D eigenvalue weighted by atomic mass is 10.2. The number of carbonyl (C=O) groups is 1. The van der Waals surface area contributed by atoms with E-state index in [4.69, 9.17) is 0 Å². The highest BCUT2D eigenvalue weighted by molar-refractivity contribution is 6.04. The molecule has 1 amide bonds. The molecule has 1 rings (SSSR count). The van der Waals surface area contributed by atoms with Crippen molar-refractivity contribution >= 4 is 11.6 Å². The Hall–Kier alpha value is -2.09. The molecule has 0 unspecified atom stereocenters. The normalized spacial score (nSPS) is 11.6. The van der Waals surface area contributed by atoms with Gasteiger partial charge in [0.25, 0.3) is 5.91 Å². The summed E-state index contributed by atoms with van der Waals surface area (Å²) in [4.78, 5) is 13.7. The Kier molecular flexibility index (Phi) is 5.65. The van der Waals surface area contributed by atoms with Crippen molar-refractivity contribution in [2.75, 3.05) is 4.90 Å². The van der Waals surface area contributed by atoms with Gasteiger partial charge in [0.05, 0.1) is 0 Å². The van der Waals surface area contributed by atoms with Crippen LogP contribution in [0, 0.1) is 0 Å². The van der Waals surface area contributed by atoms with E-state index in [9.17, 15) is 4.79 Å². The van der Waals surface area contributed by atoms with Gasteiger partial charge in [0.2, 0.25) is 0 Å². The van der Waals surface area contributed by atoms with Gasteiger partial charge in [-0.25, -0.2) is 0 Å². The molecule has 0 saturated heterocycles. The second kappa shape index (κ2) is 7.28. The van der Waals surface area contributed by atoms with Gasteiger partial charge in [0.1, 0.15) is 0 Å². The van der Waals surface area contributed by atoms with Crippen molar-refractivity contribution in [2.45, 2.75) is 20.3 Å². The van der Waals surface area contributed by atoms with Crippen LogP contribution in [-0.4, -0.2) is 5.91 Å². The maximum absolute atomic E-state index is 12.0. The van der Waals surface area contributed by atoms with E-state index in [2.05, 4.69) is 6.58 Å². The molecular formula is C16H19NO. The summed E-state index contributed by atoms with van der Waals surface area (Å²) < 4.78 is 0. The number of carbonyl (C=O) groups excluding carboxylic acids is 1. The Morgan fingerprint density at radius 3 is 2.50 bits per heavy atom. The number of nitrogens with zero attached hydrogens (tertiary/aromatic N) is 1. The quantitative estimate of drug-likeness (QED) is 0.562. The molecule has 0 heterocycles. The third-order valence-corrected chi connectivity index (χ3v) is 2.42. The average Bonchev–Trinajstić information content (AvgIpc) is 2.40. The Bertz CT molecular complexity index is 457. The molecule has 0 aromatic heterocycles. The molecule has 0 spiro atoms. The van der Waals surface area contributed by atoms with Crippen molar-refractivity contribution in [3.8, 4) is 0 Å². The second-order valence-corrected chi connectivity index (χ2v) is 3.75. The maximum Gasteiger partial charge on any atom is 0.254 e. The van der Waals surface area contributed by atoms with Gasteiger partial charge in [-0.15, -0.1) is 0 Å². The molecule has 0 saturated carbocycles. The predicted octanol–water partition coefficient (Wildman–Crippen LogP) is 4.08. The fourth-order valence-electron chi connectivity index (χ4n) is 1.69. The van der Waals surface area contributed by atoms with E-state index in [1.54, 1.807) is 4.90 Å². The molecule has 0 atom stereocenters. The largest absolute Gasteiger partial charge is 0.278 e. The first-order chi connectivity index (χ1) is 8.74. The van der Waals surface area contributed by atoms with E-state index >= 15 is 0 Å². The number of anilines is 1. The van der Waals surface area contributed by atoms with Crippen LogP contribution in [0.25, 0.3) is 0 Å².